The van der Waals surface area contributed by atoms with Crippen molar-refractivity contribution in [2.24, 2.45) is 0 Å². The van der Waals surface area contributed by atoms with E-state index >= 15 is 0 Å². The molecule has 0 radical (unpaired) electrons. The highest BCUT2D eigenvalue weighted by atomic mass is 16.5. The Morgan fingerprint density at radius 1 is 1.17 bits per heavy atom. The van der Waals surface area contributed by atoms with Crippen molar-refractivity contribution in [3.05, 3.63) is 73.1 Å². The number of para-hydroxylation sites is 1. The van der Waals surface area contributed by atoms with Gasteiger partial charge in [-0.25, -0.2) is 4.98 Å². The standard InChI is InChI=1S/C27H30N6O2/c1-6-14-32(4)23-17-24(35-5)21(16-20(23)29-26(34)18(2)3)30-27-28-13-11-25(31-27)33-15-12-19-9-7-8-10-22(19)33/h7-13,15-17H,2,6,14H2,1,3-5H3,(H,29,34)(H,28,30,31). The zero-order chi connectivity index (χ0) is 24.9. The van der Waals surface area contributed by atoms with E-state index in [2.05, 4.69) is 52.2 Å². The molecule has 0 aliphatic heterocycles. The SMILES string of the molecule is C=C(C)C(=O)Nc1cc(Nc2nccc(-n3ccc4ccccc43)n2)c(OC)cc1N(C)CCC. The number of benzene rings is 2. The Hall–Kier alpha value is -4.33. The van der Waals surface area contributed by atoms with Crippen molar-refractivity contribution in [3.63, 3.8) is 0 Å². The third-order valence-corrected chi connectivity index (χ3v) is 5.66. The normalized spacial score (nSPS) is 10.7. The van der Waals surface area contributed by atoms with Crippen LogP contribution in [-0.2, 0) is 4.79 Å². The Labute approximate surface area is 205 Å². The van der Waals surface area contributed by atoms with Gasteiger partial charge in [-0.15, -0.1) is 0 Å². The predicted octanol–water partition coefficient (Wildman–Crippen LogP) is 5.53. The van der Waals surface area contributed by atoms with E-state index < -0.39 is 0 Å². The molecular formula is C27H30N6O2. The lowest BCUT2D eigenvalue weighted by Crippen LogP contribution is -2.21. The first-order valence-corrected chi connectivity index (χ1v) is 11.5. The number of aromatic nitrogens is 3. The zero-order valence-corrected chi connectivity index (χ0v) is 20.5. The van der Waals surface area contributed by atoms with Gasteiger partial charge in [0.25, 0.3) is 5.91 Å². The monoisotopic (exact) mass is 470 g/mol. The first-order chi connectivity index (χ1) is 16.9. The van der Waals surface area contributed by atoms with E-state index in [9.17, 15) is 4.79 Å². The van der Waals surface area contributed by atoms with Crippen LogP contribution in [0.15, 0.2) is 73.1 Å². The van der Waals surface area contributed by atoms with E-state index in [1.807, 2.05) is 48.1 Å². The number of carbonyl (C=O) groups excluding carboxylic acids is 1. The fraction of sp³-hybridized carbons (Fsp3) is 0.222. The summed E-state index contributed by atoms with van der Waals surface area (Å²) in [4.78, 5) is 23.6. The molecule has 2 heterocycles. The van der Waals surface area contributed by atoms with Crippen LogP contribution in [0.1, 0.15) is 20.3 Å². The molecule has 0 unspecified atom stereocenters. The second kappa shape index (κ2) is 10.3. The Morgan fingerprint density at radius 3 is 2.71 bits per heavy atom. The molecule has 0 aliphatic rings. The van der Waals surface area contributed by atoms with Crippen LogP contribution >= 0.6 is 0 Å². The highest BCUT2D eigenvalue weighted by Gasteiger charge is 2.17. The molecule has 1 amide bonds. The van der Waals surface area contributed by atoms with Gasteiger partial charge < -0.3 is 24.8 Å². The molecule has 2 N–H and O–H groups in total. The maximum Gasteiger partial charge on any atom is 0.250 e. The van der Waals surface area contributed by atoms with Gasteiger partial charge >= 0.3 is 0 Å². The molecule has 4 aromatic rings. The topological polar surface area (TPSA) is 84.3 Å². The Bertz CT molecular complexity index is 1380. The van der Waals surface area contributed by atoms with Crippen molar-refractivity contribution in [1.82, 2.24) is 14.5 Å². The van der Waals surface area contributed by atoms with Gasteiger partial charge in [-0.1, -0.05) is 31.7 Å². The minimum Gasteiger partial charge on any atom is -0.494 e. The molecule has 8 heteroatoms. The number of ether oxygens (including phenoxy) is 1. The van der Waals surface area contributed by atoms with Crippen LogP contribution in [0, 0.1) is 0 Å². The Morgan fingerprint density at radius 2 is 1.97 bits per heavy atom. The van der Waals surface area contributed by atoms with E-state index in [0.29, 0.717) is 28.6 Å². The van der Waals surface area contributed by atoms with E-state index in [1.54, 1.807) is 20.2 Å². The summed E-state index contributed by atoms with van der Waals surface area (Å²) in [6, 6.07) is 15.8. The number of nitrogens with zero attached hydrogens (tertiary/aromatic N) is 4. The molecule has 0 fully saturated rings. The van der Waals surface area contributed by atoms with Gasteiger partial charge in [-0.3, -0.25) is 4.79 Å². The van der Waals surface area contributed by atoms with Crippen molar-refractivity contribution >= 4 is 39.8 Å². The summed E-state index contributed by atoms with van der Waals surface area (Å²) in [5.41, 5.74) is 3.60. The summed E-state index contributed by atoms with van der Waals surface area (Å²) in [6.45, 7) is 8.36. The van der Waals surface area contributed by atoms with Gasteiger partial charge in [0.05, 0.1) is 29.7 Å². The van der Waals surface area contributed by atoms with Crippen LogP contribution in [0.25, 0.3) is 16.7 Å². The zero-order valence-electron chi connectivity index (χ0n) is 20.5. The molecule has 0 aliphatic carbocycles. The molecule has 180 valence electrons. The van der Waals surface area contributed by atoms with Gasteiger partial charge in [0.15, 0.2) is 0 Å². The fourth-order valence-electron chi connectivity index (χ4n) is 3.88. The van der Waals surface area contributed by atoms with E-state index in [4.69, 9.17) is 9.72 Å². The second-order valence-corrected chi connectivity index (χ2v) is 8.33. The number of amides is 1. The van der Waals surface area contributed by atoms with Crippen LogP contribution in [0.2, 0.25) is 0 Å². The lowest BCUT2D eigenvalue weighted by Gasteiger charge is -2.24. The number of hydrogen-bond donors (Lipinski definition) is 2. The summed E-state index contributed by atoms with van der Waals surface area (Å²) < 4.78 is 7.69. The van der Waals surface area contributed by atoms with E-state index in [-0.39, 0.29) is 5.91 Å². The van der Waals surface area contributed by atoms with Crippen molar-refractivity contribution in [1.29, 1.82) is 0 Å². The van der Waals surface area contributed by atoms with Crippen LogP contribution in [0.3, 0.4) is 0 Å². The Kier molecular flexibility index (Phi) is 7.01. The van der Waals surface area contributed by atoms with Gasteiger partial charge in [-0.2, -0.15) is 4.98 Å². The summed E-state index contributed by atoms with van der Waals surface area (Å²) in [5, 5.41) is 7.35. The molecule has 0 spiro atoms. The number of rotatable bonds is 9. The third-order valence-electron chi connectivity index (χ3n) is 5.66. The van der Waals surface area contributed by atoms with Gasteiger partial charge in [-0.05, 0) is 43.0 Å². The Balaban J connectivity index is 1.72. The van der Waals surface area contributed by atoms with Crippen LogP contribution in [0.5, 0.6) is 5.75 Å². The number of fused-ring (bicyclic) bond motifs is 1. The maximum atomic E-state index is 12.4. The molecule has 2 aromatic heterocycles. The molecule has 0 bridgehead atoms. The molecule has 4 rings (SSSR count). The largest absolute Gasteiger partial charge is 0.494 e. The first-order valence-electron chi connectivity index (χ1n) is 11.5. The van der Waals surface area contributed by atoms with Crippen molar-refractivity contribution in [2.75, 3.05) is 36.2 Å². The molecule has 0 atom stereocenters. The fourth-order valence-corrected chi connectivity index (χ4v) is 3.88. The highest BCUT2D eigenvalue weighted by molar-refractivity contribution is 6.05. The van der Waals surface area contributed by atoms with Crippen LogP contribution in [-0.4, -0.2) is 41.1 Å². The lowest BCUT2D eigenvalue weighted by molar-refractivity contribution is -0.112. The summed E-state index contributed by atoms with van der Waals surface area (Å²) in [6.07, 6.45) is 4.65. The highest BCUT2D eigenvalue weighted by Crippen LogP contribution is 2.38. The smallest absolute Gasteiger partial charge is 0.250 e. The molecular weight excluding hydrogens is 440 g/mol. The quantitative estimate of drug-likeness (QED) is 0.313. The van der Waals surface area contributed by atoms with Gasteiger partial charge in [0.2, 0.25) is 5.95 Å². The second-order valence-electron chi connectivity index (χ2n) is 8.33. The van der Waals surface area contributed by atoms with E-state index in [0.717, 1.165) is 35.4 Å². The molecule has 35 heavy (non-hydrogen) atoms. The minimum absolute atomic E-state index is 0.245. The van der Waals surface area contributed by atoms with Crippen LogP contribution in [0.4, 0.5) is 23.0 Å². The number of hydrogen-bond acceptors (Lipinski definition) is 6. The maximum absolute atomic E-state index is 12.4. The molecule has 0 saturated heterocycles. The lowest BCUT2D eigenvalue weighted by atomic mass is 10.1. The van der Waals surface area contributed by atoms with Gasteiger partial charge in [0.1, 0.15) is 11.6 Å². The average Bonchev–Trinajstić information content (AvgIpc) is 3.28. The predicted molar refractivity (Wildman–Crippen MR) is 142 cm³/mol. The third kappa shape index (κ3) is 5.11. The number of carbonyl (C=O) groups is 1. The van der Waals surface area contributed by atoms with E-state index in [1.165, 1.54) is 0 Å². The summed E-state index contributed by atoms with van der Waals surface area (Å²) >= 11 is 0. The summed E-state index contributed by atoms with van der Waals surface area (Å²) in [5.74, 6) is 1.50. The first kappa shape index (κ1) is 23.8. The van der Waals surface area contributed by atoms with Gasteiger partial charge in [0, 0.05) is 37.6 Å². The summed E-state index contributed by atoms with van der Waals surface area (Å²) in [7, 11) is 3.59. The minimum atomic E-state index is -0.245. The molecule has 2 aromatic carbocycles. The molecule has 8 nitrogen and oxygen atoms in total. The number of anilines is 4. The van der Waals surface area contributed by atoms with Crippen molar-refractivity contribution in [3.8, 4) is 11.6 Å². The molecule has 0 saturated carbocycles. The number of methoxy groups -OCH3 is 1. The van der Waals surface area contributed by atoms with Crippen molar-refractivity contribution < 1.29 is 9.53 Å². The average molecular weight is 471 g/mol. The van der Waals surface area contributed by atoms with Crippen molar-refractivity contribution in [2.45, 2.75) is 20.3 Å². The number of nitrogens with one attached hydrogen (secondary N) is 2. The van der Waals surface area contributed by atoms with Crippen LogP contribution < -0.4 is 20.3 Å².